The van der Waals surface area contributed by atoms with E-state index >= 15 is 0 Å². The summed E-state index contributed by atoms with van der Waals surface area (Å²) in [5, 5.41) is 12.1. The fourth-order valence-corrected chi connectivity index (χ4v) is 4.97. The molecule has 0 aliphatic carbocycles. The molecule has 0 unspecified atom stereocenters. The van der Waals surface area contributed by atoms with E-state index in [9.17, 15) is 13.2 Å². The zero-order valence-corrected chi connectivity index (χ0v) is 18.1. The predicted octanol–water partition coefficient (Wildman–Crippen LogP) is 4.04. The predicted molar refractivity (Wildman–Crippen MR) is 117 cm³/mol. The fourth-order valence-electron chi connectivity index (χ4n) is 2.83. The minimum absolute atomic E-state index is 0.260. The van der Waals surface area contributed by atoms with Gasteiger partial charge >= 0.3 is 0 Å². The van der Waals surface area contributed by atoms with Crippen molar-refractivity contribution >= 4 is 49.7 Å². The Hall–Kier alpha value is -2.49. The molecule has 7 nitrogen and oxygen atoms in total. The molecule has 1 amide bonds. The molecule has 10 heteroatoms. The monoisotopic (exact) mass is 450 g/mol. The SMILES string of the molecule is CC[C@@H](C(=O)Nc1nnc(-c2ccccc2)s1)N(c1cccc(Cl)c1)S(C)(=O)=O. The van der Waals surface area contributed by atoms with Gasteiger partial charge in [-0.05, 0) is 24.6 Å². The Kier molecular flexibility index (Phi) is 6.51. The first-order chi connectivity index (χ1) is 13.8. The molecule has 0 bridgehead atoms. The molecule has 0 aliphatic rings. The number of hydrogen-bond acceptors (Lipinski definition) is 6. The number of benzene rings is 2. The first-order valence-corrected chi connectivity index (χ1v) is 11.8. The van der Waals surface area contributed by atoms with Crippen LogP contribution in [0.5, 0.6) is 0 Å². The molecule has 1 atom stereocenters. The van der Waals surface area contributed by atoms with E-state index in [2.05, 4.69) is 15.5 Å². The number of hydrogen-bond donors (Lipinski definition) is 1. The number of halogens is 1. The molecule has 0 fully saturated rings. The summed E-state index contributed by atoms with van der Waals surface area (Å²) in [6.45, 7) is 1.74. The normalized spacial score (nSPS) is 12.4. The molecule has 152 valence electrons. The number of amides is 1. The third-order valence-electron chi connectivity index (χ3n) is 4.07. The van der Waals surface area contributed by atoms with Crippen molar-refractivity contribution in [2.45, 2.75) is 19.4 Å². The third kappa shape index (κ3) is 5.11. The van der Waals surface area contributed by atoms with Crippen molar-refractivity contribution in [3.8, 4) is 10.6 Å². The molecule has 3 aromatic rings. The molecule has 1 aromatic heterocycles. The topological polar surface area (TPSA) is 92.3 Å². The van der Waals surface area contributed by atoms with Crippen molar-refractivity contribution in [1.82, 2.24) is 10.2 Å². The molecule has 29 heavy (non-hydrogen) atoms. The van der Waals surface area contributed by atoms with Gasteiger partial charge in [0.05, 0.1) is 11.9 Å². The number of nitrogens with zero attached hydrogens (tertiary/aromatic N) is 3. The van der Waals surface area contributed by atoms with Crippen LogP contribution in [0.15, 0.2) is 54.6 Å². The lowest BCUT2D eigenvalue weighted by atomic mass is 10.2. The van der Waals surface area contributed by atoms with Gasteiger partial charge in [-0.2, -0.15) is 0 Å². The Morgan fingerprint density at radius 2 is 1.90 bits per heavy atom. The van der Waals surface area contributed by atoms with Crippen LogP contribution in [0.4, 0.5) is 10.8 Å². The summed E-state index contributed by atoms with van der Waals surface area (Å²) >= 11 is 7.23. The smallest absolute Gasteiger partial charge is 0.250 e. The molecule has 1 heterocycles. The van der Waals surface area contributed by atoms with Gasteiger partial charge in [-0.25, -0.2) is 8.42 Å². The Morgan fingerprint density at radius 3 is 2.52 bits per heavy atom. The van der Waals surface area contributed by atoms with E-state index in [4.69, 9.17) is 11.6 Å². The van der Waals surface area contributed by atoms with Gasteiger partial charge in [-0.1, -0.05) is 66.3 Å². The largest absolute Gasteiger partial charge is 0.299 e. The van der Waals surface area contributed by atoms with Crippen LogP contribution in [-0.4, -0.2) is 36.8 Å². The van der Waals surface area contributed by atoms with Crippen LogP contribution in [0, 0.1) is 0 Å². The standard InChI is InChI=1S/C19H19ClN4O3S2/c1-3-16(24(29(2,26)27)15-11-7-10-14(20)12-15)17(25)21-19-23-22-18(28-19)13-8-5-4-6-9-13/h4-12,16H,3H2,1-2H3,(H,21,23,25)/t16-/m0/s1. The van der Waals surface area contributed by atoms with E-state index in [0.29, 0.717) is 20.8 Å². The number of nitrogens with one attached hydrogen (secondary N) is 1. The number of carbonyl (C=O) groups is 1. The van der Waals surface area contributed by atoms with Gasteiger partial charge in [-0.3, -0.25) is 14.4 Å². The maximum absolute atomic E-state index is 12.9. The summed E-state index contributed by atoms with van der Waals surface area (Å²) in [5.74, 6) is -0.492. The second-order valence-electron chi connectivity index (χ2n) is 6.23. The van der Waals surface area contributed by atoms with Gasteiger partial charge in [0.25, 0.3) is 0 Å². The second kappa shape index (κ2) is 8.89. The van der Waals surface area contributed by atoms with Gasteiger partial charge in [0.15, 0.2) is 0 Å². The number of aromatic nitrogens is 2. The van der Waals surface area contributed by atoms with Crippen LogP contribution in [0.25, 0.3) is 10.6 Å². The van der Waals surface area contributed by atoms with E-state index in [0.717, 1.165) is 16.1 Å². The molecule has 0 saturated carbocycles. The maximum atomic E-state index is 12.9. The molecular formula is C19H19ClN4O3S2. The van der Waals surface area contributed by atoms with Crippen molar-refractivity contribution in [3.05, 3.63) is 59.6 Å². The van der Waals surface area contributed by atoms with Crippen LogP contribution in [0.1, 0.15) is 13.3 Å². The number of rotatable bonds is 7. The summed E-state index contributed by atoms with van der Waals surface area (Å²) in [7, 11) is -3.74. The first-order valence-electron chi connectivity index (χ1n) is 8.74. The van der Waals surface area contributed by atoms with E-state index in [1.165, 1.54) is 17.4 Å². The maximum Gasteiger partial charge on any atom is 0.250 e. The van der Waals surface area contributed by atoms with Gasteiger partial charge in [0.1, 0.15) is 11.0 Å². The van der Waals surface area contributed by atoms with Crippen LogP contribution >= 0.6 is 22.9 Å². The van der Waals surface area contributed by atoms with Crippen LogP contribution < -0.4 is 9.62 Å². The Balaban J connectivity index is 1.86. The van der Waals surface area contributed by atoms with E-state index in [1.54, 1.807) is 25.1 Å². The molecule has 1 N–H and O–H groups in total. The highest BCUT2D eigenvalue weighted by Gasteiger charge is 2.32. The van der Waals surface area contributed by atoms with Crippen molar-refractivity contribution in [2.75, 3.05) is 15.9 Å². The van der Waals surface area contributed by atoms with Crippen molar-refractivity contribution in [1.29, 1.82) is 0 Å². The van der Waals surface area contributed by atoms with E-state index < -0.39 is 22.0 Å². The van der Waals surface area contributed by atoms with Crippen LogP contribution in [-0.2, 0) is 14.8 Å². The van der Waals surface area contributed by atoms with Crippen molar-refractivity contribution in [2.24, 2.45) is 0 Å². The average Bonchev–Trinajstić information content (AvgIpc) is 3.14. The highest BCUT2D eigenvalue weighted by molar-refractivity contribution is 7.92. The Morgan fingerprint density at radius 1 is 1.17 bits per heavy atom. The van der Waals surface area contributed by atoms with E-state index in [-0.39, 0.29) is 6.42 Å². The minimum Gasteiger partial charge on any atom is -0.299 e. The zero-order chi connectivity index (χ0) is 21.0. The van der Waals surface area contributed by atoms with Gasteiger partial charge < -0.3 is 0 Å². The zero-order valence-electron chi connectivity index (χ0n) is 15.7. The van der Waals surface area contributed by atoms with Gasteiger partial charge in [-0.15, -0.1) is 10.2 Å². The molecule has 0 saturated heterocycles. The van der Waals surface area contributed by atoms with Crippen LogP contribution in [0.2, 0.25) is 5.02 Å². The minimum atomic E-state index is -3.74. The van der Waals surface area contributed by atoms with Crippen molar-refractivity contribution < 1.29 is 13.2 Å². The number of carbonyl (C=O) groups excluding carboxylic acids is 1. The van der Waals surface area contributed by atoms with Crippen molar-refractivity contribution in [3.63, 3.8) is 0 Å². The molecule has 0 spiro atoms. The highest BCUT2D eigenvalue weighted by atomic mass is 35.5. The summed E-state index contributed by atoms with van der Waals surface area (Å²) < 4.78 is 26.0. The molecule has 0 aliphatic heterocycles. The lowest BCUT2D eigenvalue weighted by Crippen LogP contribution is -2.47. The highest BCUT2D eigenvalue weighted by Crippen LogP contribution is 2.28. The molecular weight excluding hydrogens is 432 g/mol. The molecule has 0 radical (unpaired) electrons. The average molecular weight is 451 g/mol. The first kappa shape index (κ1) is 21.2. The number of sulfonamides is 1. The number of anilines is 2. The second-order valence-corrected chi connectivity index (χ2v) is 9.50. The summed E-state index contributed by atoms with van der Waals surface area (Å²) in [6, 6.07) is 14.9. The summed E-state index contributed by atoms with van der Waals surface area (Å²) in [4.78, 5) is 12.9. The van der Waals surface area contributed by atoms with E-state index in [1.807, 2.05) is 30.3 Å². The van der Waals surface area contributed by atoms with Crippen LogP contribution in [0.3, 0.4) is 0 Å². The quantitative estimate of drug-likeness (QED) is 0.586. The summed E-state index contributed by atoms with van der Waals surface area (Å²) in [6.07, 6.45) is 1.32. The van der Waals surface area contributed by atoms with Gasteiger partial charge in [0, 0.05) is 10.6 Å². The Labute approximate surface area is 178 Å². The molecule has 3 rings (SSSR count). The molecule has 2 aromatic carbocycles. The lowest BCUT2D eigenvalue weighted by Gasteiger charge is -2.29. The fraction of sp³-hybridized carbons (Fsp3) is 0.211. The lowest BCUT2D eigenvalue weighted by molar-refractivity contribution is -0.117. The van der Waals surface area contributed by atoms with Gasteiger partial charge in [0.2, 0.25) is 21.1 Å². The Bertz CT molecular complexity index is 1100. The third-order valence-corrected chi connectivity index (χ3v) is 6.37. The summed E-state index contributed by atoms with van der Waals surface area (Å²) in [5.41, 5.74) is 1.21.